The molecule has 1 saturated heterocycles. The molecule has 2 aliphatic rings. The Hall–Kier alpha value is -3.81. The van der Waals surface area contributed by atoms with Crippen molar-refractivity contribution in [3.05, 3.63) is 66.7 Å². The first-order valence-electron chi connectivity index (χ1n) is 9.94. The van der Waals surface area contributed by atoms with Crippen LogP contribution >= 0.6 is 0 Å². The molecule has 0 aromatic heterocycles. The monoisotopic (exact) mass is 421 g/mol. The van der Waals surface area contributed by atoms with Crippen LogP contribution in [0.15, 0.2) is 61.2 Å². The maximum absolute atomic E-state index is 13.2. The summed E-state index contributed by atoms with van der Waals surface area (Å²) in [6, 6.07) is 13.5. The Kier molecular flexibility index (Phi) is 5.37. The van der Waals surface area contributed by atoms with Gasteiger partial charge in [-0.1, -0.05) is 30.3 Å². The lowest BCUT2D eigenvalue weighted by Crippen LogP contribution is -2.44. The summed E-state index contributed by atoms with van der Waals surface area (Å²) < 4.78 is 11.1. The second-order valence-corrected chi connectivity index (χ2v) is 7.43. The van der Waals surface area contributed by atoms with Crippen molar-refractivity contribution in [2.45, 2.75) is 12.5 Å². The van der Waals surface area contributed by atoms with E-state index >= 15 is 0 Å². The van der Waals surface area contributed by atoms with Gasteiger partial charge >= 0.3 is 6.03 Å². The highest BCUT2D eigenvalue weighted by Crippen LogP contribution is 2.36. The first-order chi connectivity index (χ1) is 14.9. The number of carbonyl (C=O) groups excluding carboxylic acids is 3. The van der Waals surface area contributed by atoms with Gasteiger partial charge in [0.05, 0.1) is 0 Å². The molecule has 1 N–H and O–H groups in total. The minimum absolute atomic E-state index is 0.256. The molecule has 0 spiro atoms. The van der Waals surface area contributed by atoms with E-state index in [1.807, 2.05) is 18.2 Å². The molecule has 0 unspecified atom stereocenters. The predicted octanol–water partition coefficient (Wildman–Crippen LogP) is 2.44. The second kappa shape index (κ2) is 8.14. The predicted molar refractivity (Wildman–Crippen MR) is 114 cm³/mol. The van der Waals surface area contributed by atoms with Crippen molar-refractivity contribution in [2.75, 3.05) is 31.2 Å². The van der Waals surface area contributed by atoms with Gasteiger partial charge in [-0.15, -0.1) is 6.58 Å². The third kappa shape index (κ3) is 3.72. The number of rotatable bonds is 6. The summed E-state index contributed by atoms with van der Waals surface area (Å²) in [7, 11) is 0. The zero-order chi connectivity index (χ0) is 22.0. The van der Waals surface area contributed by atoms with Crippen LogP contribution in [0.2, 0.25) is 0 Å². The molecular weight excluding hydrogens is 398 g/mol. The molecule has 160 valence electrons. The van der Waals surface area contributed by atoms with E-state index in [0.717, 1.165) is 4.90 Å². The van der Waals surface area contributed by atoms with E-state index in [9.17, 15) is 14.4 Å². The van der Waals surface area contributed by atoms with Crippen molar-refractivity contribution in [1.29, 1.82) is 0 Å². The van der Waals surface area contributed by atoms with E-state index < -0.39 is 17.5 Å². The zero-order valence-electron chi connectivity index (χ0n) is 17.2. The van der Waals surface area contributed by atoms with Crippen LogP contribution in [0.1, 0.15) is 12.5 Å². The van der Waals surface area contributed by atoms with E-state index in [0.29, 0.717) is 36.0 Å². The number of amides is 4. The van der Waals surface area contributed by atoms with Gasteiger partial charge in [-0.05, 0) is 36.8 Å². The first-order valence-corrected chi connectivity index (χ1v) is 9.94. The smallest absolute Gasteiger partial charge is 0.325 e. The molecule has 1 atom stereocenters. The molecule has 0 saturated carbocycles. The van der Waals surface area contributed by atoms with Gasteiger partial charge < -0.3 is 19.7 Å². The first kappa shape index (κ1) is 20.5. The van der Waals surface area contributed by atoms with Crippen LogP contribution in [0.4, 0.5) is 10.5 Å². The molecule has 31 heavy (non-hydrogen) atoms. The van der Waals surface area contributed by atoms with Gasteiger partial charge in [-0.25, -0.2) is 4.79 Å². The Bertz CT molecular complexity index is 1040. The summed E-state index contributed by atoms with van der Waals surface area (Å²) in [4.78, 5) is 41.3. The number of hydrogen-bond acceptors (Lipinski definition) is 5. The number of nitrogens with one attached hydrogen (secondary N) is 1. The van der Waals surface area contributed by atoms with Crippen LogP contribution in [0.25, 0.3) is 0 Å². The van der Waals surface area contributed by atoms with Crippen molar-refractivity contribution in [2.24, 2.45) is 0 Å². The Labute approximate surface area is 180 Å². The number of fused-ring (bicyclic) bond motifs is 1. The van der Waals surface area contributed by atoms with E-state index in [4.69, 9.17) is 9.47 Å². The fourth-order valence-electron chi connectivity index (χ4n) is 3.70. The Morgan fingerprint density at radius 3 is 2.58 bits per heavy atom. The molecule has 2 aliphatic heterocycles. The molecule has 8 heteroatoms. The Balaban J connectivity index is 1.56. The Morgan fingerprint density at radius 2 is 1.87 bits per heavy atom. The largest absolute Gasteiger partial charge is 0.486 e. The number of nitrogens with zero attached hydrogens (tertiary/aromatic N) is 2. The molecule has 4 rings (SSSR count). The van der Waals surface area contributed by atoms with Crippen molar-refractivity contribution in [3.63, 3.8) is 0 Å². The molecule has 2 heterocycles. The van der Waals surface area contributed by atoms with Crippen LogP contribution in [0, 0.1) is 0 Å². The van der Waals surface area contributed by atoms with E-state index in [1.54, 1.807) is 43.3 Å². The van der Waals surface area contributed by atoms with Gasteiger partial charge in [0.25, 0.3) is 5.91 Å². The summed E-state index contributed by atoms with van der Waals surface area (Å²) >= 11 is 0. The zero-order valence-corrected chi connectivity index (χ0v) is 17.2. The maximum Gasteiger partial charge on any atom is 0.325 e. The van der Waals surface area contributed by atoms with Crippen molar-refractivity contribution < 1.29 is 23.9 Å². The van der Waals surface area contributed by atoms with Gasteiger partial charge in [-0.2, -0.15) is 0 Å². The summed E-state index contributed by atoms with van der Waals surface area (Å²) in [5.74, 6) is 0.211. The standard InChI is InChI=1S/C23H23N3O5/c1-3-11-25(17-7-5-4-6-8-17)20(27)15-26-21(28)23(2,24-22(26)29)16-9-10-18-19(14-16)31-13-12-30-18/h3-10,14H,1,11-13,15H2,2H3,(H,24,29)/t23-/m0/s1. The average Bonchev–Trinajstić information content (AvgIpc) is 3.01. The number of hydrogen-bond donors (Lipinski definition) is 1. The van der Waals surface area contributed by atoms with Crippen LogP contribution in [0.3, 0.4) is 0 Å². The molecule has 0 bridgehead atoms. The fourth-order valence-corrected chi connectivity index (χ4v) is 3.70. The number of carbonyl (C=O) groups is 3. The molecule has 0 radical (unpaired) electrons. The quantitative estimate of drug-likeness (QED) is 0.572. The summed E-state index contributed by atoms with van der Waals surface area (Å²) in [5, 5.41) is 2.72. The van der Waals surface area contributed by atoms with Crippen LogP contribution in [-0.4, -0.2) is 49.0 Å². The maximum atomic E-state index is 13.2. The van der Waals surface area contributed by atoms with Gasteiger partial charge in [-0.3, -0.25) is 14.5 Å². The average molecular weight is 421 g/mol. The van der Waals surface area contributed by atoms with Crippen molar-refractivity contribution in [1.82, 2.24) is 10.2 Å². The fraction of sp³-hybridized carbons (Fsp3) is 0.261. The van der Waals surface area contributed by atoms with Gasteiger partial charge in [0, 0.05) is 12.2 Å². The lowest BCUT2D eigenvalue weighted by molar-refractivity contribution is -0.134. The molecule has 4 amide bonds. The normalized spacial score (nSPS) is 19.7. The molecule has 8 nitrogen and oxygen atoms in total. The minimum Gasteiger partial charge on any atom is -0.486 e. The highest BCUT2D eigenvalue weighted by molar-refractivity contribution is 6.10. The number of urea groups is 1. The van der Waals surface area contributed by atoms with Gasteiger partial charge in [0.1, 0.15) is 25.3 Å². The van der Waals surface area contributed by atoms with Gasteiger partial charge in [0.2, 0.25) is 5.91 Å². The summed E-state index contributed by atoms with van der Waals surface area (Å²) in [6.45, 7) is 6.05. The molecule has 0 aliphatic carbocycles. The topological polar surface area (TPSA) is 88.2 Å². The third-order valence-corrected chi connectivity index (χ3v) is 5.37. The van der Waals surface area contributed by atoms with E-state index in [1.165, 1.54) is 4.90 Å². The minimum atomic E-state index is -1.32. The number of ether oxygens (including phenoxy) is 2. The van der Waals surface area contributed by atoms with E-state index in [-0.39, 0.29) is 19.0 Å². The SMILES string of the molecule is C=CCN(C(=O)CN1C(=O)N[C@@](C)(c2ccc3c(c2)OCCO3)C1=O)c1ccccc1. The summed E-state index contributed by atoms with van der Waals surface area (Å²) in [5.41, 5.74) is -0.103. The third-order valence-electron chi connectivity index (χ3n) is 5.37. The Morgan fingerprint density at radius 1 is 1.16 bits per heavy atom. The van der Waals surface area contributed by atoms with Crippen molar-refractivity contribution in [3.8, 4) is 11.5 Å². The molecule has 2 aromatic rings. The second-order valence-electron chi connectivity index (χ2n) is 7.43. The van der Waals surface area contributed by atoms with Crippen molar-refractivity contribution >= 4 is 23.5 Å². The van der Waals surface area contributed by atoms with Crippen LogP contribution < -0.4 is 19.7 Å². The highest BCUT2D eigenvalue weighted by atomic mass is 16.6. The number of anilines is 1. The van der Waals surface area contributed by atoms with E-state index in [2.05, 4.69) is 11.9 Å². The molecule has 1 fully saturated rings. The highest BCUT2D eigenvalue weighted by Gasteiger charge is 2.50. The lowest BCUT2D eigenvalue weighted by atomic mass is 9.91. The summed E-state index contributed by atoms with van der Waals surface area (Å²) in [6.07, 6.45) is 1.59. The lowest BCUT2D eigenvalue weighted by Gasteiger charge is -2.26. The van der Waals surface area contributed by atoms with Crippen LogP contribution in [-0.2, 0) is 15.1 Å². The number of benzene rings is 2. The molecular formula is C23H23N3O5. The number of para-hydroxylation sites is 1. The molecule has 2 aromatic carbocycles. The number of imide groups is 1. The van der Waals surface area contributed by atoms with Gasteiger partial charge in [0.15, 0.2) is 11.5 Å². The van der Waals surface area contributed by atoms with Crippen LogP contribution in [0.5, 0.6) is 11.5 Å².